The molecular weight excluding hydrogens is 241 g/mol. The van der Waals surface area contributed by atoms with Gasteiger partial charge < -0.3 is 5.32 Å². The highest BCUT2D eigenvalue weighted by Gasteiger charge is 2.08. The van der Waals surface area contributed by atoms with Crippen molar-refractivity contribution in [2.75, 3.05) is 5.32 Å². The van der Waals surface area contributed by atoms with Gasteiger partial charge in [0.2, 0.25) is 0 Å². The maximum Gasteiger partial charge on any atom is 0.143 e. The van der Waals surface area contributed by atoms with Gasteiger partial charge in [-0.15, -0.1) is 0 Å². The number of nitriles is 1. The van der Waals surface area contributed by atoms with Gasteiger partial charge in [0.15, 0.2) is 0 Å². The molecule has 0 aliphatic carbocycles. The van der Waals surface area contributed by atoms with Crippen LogP contribution in [0.2, 0.25) is 5.15 Å². The second kappa shape index (κ2) is 4.81. The molecule has 0 amide bonds. The Bertz CT molecular complexity index is 593. The van der Waals surface area contributed by atoms with E-state index in [1.54, 1.807) is 30.3 Å². The van der Waals surface area contributed by atoms with Crippen LogP contribution >= 0.6 is 11.6 Å². The monoisotopic (exact) mass is 247 g/mol. The lowest BCUT2D eigenvalue weighted by Gasteiger charge is -2.07. The maximum atomic E-state index is 13.3. The smallest absolute Gasteiger partial charge is 0.143 e. The van der Waals surface area contributed by atoms with Gasteiger partial charge in [0.05, 0.1) is 5.69 Å². The van der Waals surface area contributed by atoms with Crippen molar-refractivity contribution in [2.24, 2.45) is 0 Å². The minimum absolute atomic E-state index is 0.0470. The molecule has 0 aliphatic heterocycles. The summed E-state index contributed by atoms with van der Waals surface area (Å²) < 4.78 is 13.3. The number of pyridine rings is 1. The Hall–Kier alpha value is -2.12. The van der Waals surface area contributed by atoms with Gasteiger partial charge in [-0.05, 0) is 24.3 Å². The number of aromatic nitrogens is 1. The molecule has 3 nitrogen and oxygen atoms in total. The zero-order valence-electron chi connectivity index (χ0n) is 8.61. The molecule has 1 N–H and O–H groups in total. The van der Waals surface area contributed by atoms with E-state index in [0.29, 0.717) is 16.7 Å². The molecule has 0 aliphatic rings. The van der Waals surface area contributed by atoms with Crippen LogP contribution in [0.25, 0.3) is 0 Å². The minimum Gasteiger partial charge on any atom is -0.339 e. The fraction of sp³-hybridized carbons (Fsp3) is 0. The minimum atomic E-state index is -0.570. The van der Waals surface area contributed by atoms with Gasteiger partial charge >= 0.3 is 0 Å². The average molecular weight is 248 g/mol. The van der Waals surface area contributed by atoms with Crippen LogP contribution in [-0.2, 0) is 0 Å². The molecule has 0 spiro atoms. The third-order valence-corrected chi connectivity index (χ3v) is 2.31. The molecular formula is C12H7ClFN3. The first kappa shape index (κ1) is 11.4. The summed E-state index contributed by atoms with van der Waals surface area (Å²) in [6.45, 7) is 0. The Morgan fingerprint density at radius 3 is 2.71 bits per heavy atom. The van der Waals surface area contributed by atoms with Crippen molar-refractivity contribution in [2.45, 2.75) is 0 Å². The Labute approximate surface area is 102 Å². The van der Waals surface area contributed by atoms with Gasteiger partial charge in [-0.2, -0.15) is 5.26 Å². The fourth-order valence-electron chi connectivity index (χ4n) is 1.36. The van der Waals surface area contributed by atoms with E-state index >= 15 is 0 Å². The Morgan fingerprint density at radius 1 is 1.24 bits per heavy atom. The second-order valence-electron chi connectivity index (χ2n) is 3.24. The lowest BCUT2D eigenvalue weighted by atomic mass is 10.2. The zero-order valence-corrected chi connectivity index (χ0v) is 9.37. The van der Waals surface area contributed by atoms with Gasteiger partial charge in [0, 0.05) is 0 Å². The molecule has 84 valence electrons. The van der Waals surface area contributed by atoms with Crippen molar-refractivity contribution < 1.29 is 4.39 Å². The van der Waals surface area contributed by atoms with Crippen LogP contribution in [0.4, 0.5) is 15.9 Å². The summed E-state index contributed by atoms with van der Waals surface area (Å²) in [6, 6.07) is 11.2. The quantitative estimate of drug-likeness (QED) is 0.827. The highest BCUT2D eigenvalue weighted by molar-refractivity contribution is 6.29. The number of nitrogens with zero attached hydrogens (tertiary/aromatic N) is 2. The van der Waals surface area contributed by atoms with Crippen LogP contribution in [0.15, 0.2) is 36.4 Å². The number of hydrogen-bond acceptors (Lipinski definition) is 3. The van der Waals surface area contributed by atoms with Gasteiger partial charge in [-0.1, -0.05) is 23.7 Å². The standard InChI is InChI=1S/C12H7ClFN3/c13-11-5-2-6-12(17-11)16-10-4-1-3-9(14)8(10)7-15/h1-6H,(H,16,17). The number of anilines is 2. The molecule has 1 aromatic carbocycles. The molecule has 0 saturated heterocycles. The third kappa shape index (κ3) is 2.52. The molecule has 2 aromatic rings. The van der Waals surface area contributed by atoms with Gasteiger partial charge in [0.1, 0.15) is 28.4 Å². The van der Waals surface area contributed by atoms with E-state index in [4.69, 9.17) is 16.9 Å². The van der Waals surface area contributed by atoms with E-state index < -0.39 is 5.82 Å². The topological polar surface area (TPSA) is 48.7 Å². The zero-order chi connectivity index (χ0) is 12.3. The van der Waals surface area contributed by atoms with Crippen molar-refractivity contribution in [3.8, 4) is 6.07 Å². The molecule has 0 fully saturated rings. The van der Waals surface area contributed by atoms with Crippen LogP contribution in [0.5, 0.6) is 0 Å². The molecule has 5 heteroatoms. The van der Waals surface area contributed by atoms with E-state index in [2.05, 4.69) is 10.3 Å². The molecule has 0 radical (unpaired) electrons. The largest absolute Gasteiger partial charge is 0.339 e. The second-order valence-corrected chi connectivity index (χ2v) is 3.63. The van der Waals surface area contributed by atoms with Crippen LogP contribution in [-0.4, -0.2) is 4.98 Å². The Balaban J connectivity index is 2.37. The summed E-state index contributed by atoms with van der Waals surface area (Å²) in [4.78, 5) is 4.00. The first-order valence-electron chi connectivity index (χ1n) is 4.79. The summed E-state index contributed by atoms with van der Waals surface area (Å²) in [5, 5.41) is 12.0. The summed E-state index contributed by atoms with van der Waals surface area (Å²) >= 11 is 5.73. The number of benzene rings is 1. The van der Waals surface area contributed by atoms with Gasteiger partial charge in [0.25, 0.3) is 0 Å². The lowest BCUT2D eigenvalue weighted by Crippen LogP contribution is -1.97. The molecule has 17 heavy (non-hydrogen) atoms. The summed E-state index contributed by atoms with van der Waals surface area (Å²) in [5.41, 5.74) is 0.316. The predicted molar refractivity (Wildman–Crippen MR) is 63.6 cm³/mol. The Morgan fingerprint density at radius 2 is 2.00 bits per heavy atom. The molecule has 0 saturated carbocycles. The predicted octanol–water partition coefficient (Wildman–Crippen LogP) is 3.49. The lowest BCUT2D eigenvalue weighted by molar-refractivity contribution is 0.624. The molecule has 1 heterocycles. The van der Waals surface area contributed by atoms with Crippen molar-refractivity contribution in [1.29, 1.82) is 5.26 Å². The van der Waals surface area contributed by atoms with Crippen molar-refractivity contribution in [3.05, 3.63) is 52.9 Å². The van der Waals surface area contributed by atoms with Gasteiger partial charge in [-0.25, -0.2) is 9.37 Å². The summed E-state index contributed by atoms with van der Waals surface area (Å²) in [6.07, 6.45) is 0. The van der Waals surface area contributed by atoms with Crippen LogP contribution < -0.4 is 5.32 Å². The van der Waals surface area contributed by atoms with Crippen LogP contribution in [0.1, 0.15) is 5.56 Å². The van der Waals surface area contributed by atoms with E-state index in [1.807, 2.05) is 0 Å². The van der Waals surface area contributed by atoms with E-state index in [-0.39, 0.29) is 5.56 Å². The van der Waals surface area contributed by atoms with Crippen molar-refractivity contribution in [3.63, 3.8) is 0 Å². The highest BCUT2D eigenvalue weighted by atomic mass is 35.5. The molecule has 0 bridgehead atoms. The van der Waals surface area contributed by atoms with Crippen LogP contribution in [0, 0.1) is 17.1 Å². The number of nitrogens with one attached hydrogen (secondary N) is 1. The Kier molecular flexibility index (Phi) is 3.22. The number of halogens is 2. The first-order valence-corrected chi connectivity index (χ1v) is 5.16. The van der Waals surface area contributed by atoms with E-state index in [0.717, 1.165) is 0 Å². The maximum absolute atomic E-state index is 13.3. The number of rotatable bonds is 2. The normalized spacial score (nSPS) is 9.71. The SMILES string of the molecule is N#Cc1c(F)cccc1Nc1cccc(Cl)n1. The van der Waals surface area contributed by atoms with Crippen molar-refractivity contribution in [1.82, 2.24) is 4.98 Å². The van der Waals surface area contributed by atoms with Gasteiger partial charge in [-0.3, -0.25) is 0 Å². The van der Waals surface area contributed by atoms with E-state index in [1.165, 1.54) is 12.1 Å². The fourth-order valence-corrected chi connectivity index (χ4v) is 1.52. The molecule has 0 atom stereocenters. The van der Waals surface area contributed by atoms with Crippen LogP contribution in [0.3, 0.4) is 0 Å². The van der Waals surface area contributed by atoms with Crippen molar-refractivity contribution >= 4 is 23.1 Å². The number of hydrogen-bond donors (Lipinski definition) is 1. The summed E-state index contributed by atoms with van der Waals surface area (Å²) in [5.74, 6) is -0.112. The molecule has 1 aromatic heterocycles. The highest BCUT2D eigenvalue weighted by Crippen LogP contribution is 2.22. The average Bonchev–Trinajstić information content (AvgIpc) is 2.29. The van der Waals surface area contributed by atoms with E-state index in [9.17, 15) is 4.39 Å². The first-order chi connectivity index (χ1) is 8.20. The molecule has 2 rings (SSSR count). The third-order valence-electron chi connectivity index (χ3n) is 2.10. The summed E-state index contributed by atoms with van der Waals surface area (Å²) in [7, 11) is 0. The molecule has 0 unspecified atom stereocenters.